The summed E-state index contributed by atoms with van der Waals surface area (Å²) in [6.07, 6.45) is -1.01. The standard InChI is InChI=1S/C10H9ClNO2/c1-6(13)12-5-7-2-3-8(11)4-9(7)10(12)14/h2-4,6,13H,1,5H2. The van der Waals surface area contributed by atoms with E-state index in [1.54, 1.807) is 18.2 Å². The molecule has 0 saturated carbocycles. The number of fused-ring (bicyclic) bond motifs is 1. The Morgan fingerprint density at radius 3 is 2.93 bits per heavy atom. The number of nitrogens with zero attached hydrogens (tertiary/aromatic N) is 1. The quantitative estimate of drug-likeness (QED) is 0.762. The molecule has 0 fully saturated rings. The molecular weight excluding hydrogens is 202 g/mol. The van der Waals surface area contributed by atoms with Crippen LogP contribution in [-0.4, -0.2) is 22.1 Å². The van der Waals surface area contributed by atoms with E-state index in [4.69, 9.17) is 11.6 Å². The summed E-state index contributed by atoms with van der Waals surface area (Å²) in [6, 6.07) is 5.13. The monoisotopic (exact) mass is 210 g/mol. The highest BCUT2D eigenvalue weighted by molar-refractivity contribution is 6.31. The number of carbonyl (C=O) groups is 1. The molecule has 1 aliphatic rings. The molecule has 0 aromatic heterocycles. The second-order valence-electron chi connectivity index (χ2n) is 3.22. The highest BCUT2D eigenvalue weighted by Gasteiger charge is 2.29. The van der Waals surface area contributed by atoms with Crippen LogP contribution >= 0.6 is 11.6 Å². The van der Waals surface area contributed by atoms with Gasteiger partial charge < -0.3 is 10.0 Å². The molecule has 0 spiro atoms. The number of hydrogen-bond donors (Lipinski definition) is 1. The number of halogens is 1. The number of rotatable bonds is 1. The molecule has 1 amide bonds. The maximum Gasteiger partial charge on any atom is 0.256 e. The average Bonchev–Trinajstić information content (AvgIpc) is 2.44. The number of aliphatic hydroxyl groups excluding tert-OH is 1. The van der Waals surface area contributed by atoms with Crippen molar-refractivity contribution < 1.29 is 9.90 Å². The van der Waals surface area contributed by atoms with Crippen molar-refractivity contribution in [2.24, 2.45) is 0 Å². The molecule has 1 aromatic carbocycles. The summed E-state index contributed by atoms with van der Waals surface area (Å²) < 4.78 is 0. The Labute approximate surface area is 86.9 Å². The molecule has 1 unspecified atom stereocenters. The van der Waals surface area contributed by atoms with Gasteiger partial charge in [0.05, 0.1) is 0 Å². The second kappa shape index (κ2) is 3.26. The zero-order valence-corrected chi connectivity index (χ0v) is 8.16. The summed E-state index contributed by atoms with van der Waals surface area (Å²) in [4.78, 5) is 13.0. The van der Waals surface area contributed by atoms with E-state index in [9.17, 15) is 9.90 Å². The van der Waals surface area contributed by atoms with Crippen LogP contribution in [0.4, 0.5) is 0 Å². The molecule has 1 N–H and O–H groups in total. The molecule has 0 saturated heterocycles. The highest BCUT2D eigenvalue weighted by Crippen LogP contribution is 2.26. The fourth-order valence-electron chi connectivity index (χ4n) is 1.54. The highest BCUT2D eigenvalue weighted by atomic mass is 35.5. The molecule has 1 aliphatic heterocycles. The van der Waals surface area contributed by atoms with E-state index in [2.05, 4.69) is 6.92 Å². The van der Waals surface area contributed by atoms with Crippen LogP contribution in [0.15, 0.2) is 18.2 Å². The van der Waals surface area contributed by atoms with E-state index in [1.165, 1.54) is 4.90 Å². The summed E-state index contributed by atoms with van der Waals surface area (Å²) in [7, 11) is 0. The van der Waals surface area contributed by atoms with Crippen molar-refractivity contribution >= 4 is 17.5 Å². The maximum atomic E-state index is 11.7. The van der Waals surface area contributed by atoms with E-state index >= 15 is 0 Å². The predicted molar refractivity (Wildman–Crippen MR) is 52.7 cm³/mol. The Bertz CT molecular complexity index is 390. The third-order valence-corrected chi connectivity index (χ3v) is 2.50. The number of carbonyl (C=O) groups excluding carboxylic acids is 1. The minimum atomic E-state index is -1.01. The SMILES string of the molecule is [CH2]C(O)N1Cc2ccc(Cl)cc2C1=O. The first-order valence-corrected chi connectivity index (χ1v) is 4.58. The van der Waals surface area contributed by atoms with Crippen LogP contribution in [0.3, 0.4) is 0 Å². The number of amides is 1. The summed E-state index contributed by atoms with van der Waals surface area (Å²) >= 11 is 5.77. The Hall–Kier alpha value is -1.06. The lowest BCUT2D eigenvalue weighted by atomic mass is 10.1. The van der Waals surface area contributed by atoms with Crippen molar-refractivity contribution in [2.75, 3.05) is 0 Å². The van der Waals surface area contributed by atoms with E-state index in [1.807, 2.05) is 0 Å². The molecule has 0 bridgehead atoms. The van der Waals surface area contributed by atoms with Crippen molar-refractivity contribution in [1.82, 2.24) is 4.90 Å². The van der Waals surface area contributed by atoms with Crippen molar-refractivity contribution in [1.29, 1.82) is 0 Å². The van der Waals surface area contributed by atoms with Gasteiger partial charge in [-0.15, -0.1) is 0 Å². The molecule has 3 nitrogen and oxygen atoms in total. The molecular formula is C10H9ClNO2. The largest absolute Gasteiger partial charge is 0.374 e. The van der Waals surface area contributed by atoms with Gasteiger partial charge in [-0.2, -0.15) is 0 Å². The van der Waals surface area contributed by atoms with E-state index in [0.29, 0.717) is 17.1 Å². The molecule has 1 heterocycles. The third kappa shape index (κ3) is 1.38. The van der Waals surface area contributed by atoms with Crippen LogP contribution in [0.1, 0.15) is 15.9 Å². The molecule has 2 rings (SSSR count). The van der Waals surface area contributed by atoms with E-state index in [0.717, 1.165) is 5.56 Å². The normalized spacial score (nSPS) is 17.1. The Kier molecular flexibility index (Phi) is 2.21. The van der Waals surface area contributed by atoms with Gasteiger partial charge in [-0.25, -0.2) is 0 Å². The van der Waals surface area contributed by atoms with E-state index < -0.39 is 6.23 Å². The summed E-state index contributed by atoms with van der Waals surface area (Å²) in [5, 5.41) is 9.75. The van der Waals surface area contributed by atoms with Gasteiger partial charge in [0.1, 0.15) is 6.23 Å². The van der Waals surface area contributed by atoms with Crippen molar-refractivity contribution in [3.8, 4) is 0 Å². The first kappa shape index (κ1) is 9.49. The van der Waals surface area contributed by atoms with Crippen LogP contribution in [0, 0.1) is 6.92 Å². The van der Waals surface area contributed by atoms with Gasteiger partial charge in [0.25, 0.3) is 5.91 Å². The minimum Gasteiger partial charge on any atom is -0.374 e. The molecule has 4 heteroatoms. The minimum absolute atomic E-state index is 0.218. The smallest absolute Gasteiger partial charge is 0.256 e. The van der Waals surface area contributed by atoms with Crippen LogP contribution < -0.4 is 0 Å². The Morgan fingerprint density at radius 1 is 1.57 bits per heavy atom. The van der Waals surface area contributed by atoms with Crippen molar-refractivity contribution in [3.05, 3.63) is 41.3 Å². The van der Waals surface area contributed by atoms with Gasteiger partial charge in [-0.1, -0.05) is 17.7 Å². The van der Waals surface area contributed by atoms with Crippen molar-refractivity contribution in [3.63, 3.8) is 0 Å². The van der Waals surface area contributed by atoms with Gasteiger partial charge in [-0.3, -0.25) is 4.79 Å². The first-order chi connectivity index (χ1) is 6.59. The lowest BCUT2D eigenvalue weighted by Crippen LogP contribution is -2.33. The molecule has 73 valence electrons. The lowest BCUT2D eigenvalue weighted by Gasteiger charge is -2.18. The lowest BCUT2D eigenvalue weighted by molar-refractivity contribution is 0.0313. The zero-order valence-electron chi connectivity index (χ0n) is 7.40. The van der Waals surface area contributed by atoms with Gasteiger partial charge in [0, 0.05) is 17.1 Å². The Balaban J connectivity index is 2.41. The molecule has 0 aliphatic carbocycles. The molecule has 14 heavy (non-hydrogen) atoms. The summed E-state index contributed by atoms with van der Waals surface area (Å²) in [6.45, 7) is 3.80. The van der Waals surface area contributed by atoms with Crippen LogP contribution in [0.5, 0.6) is 0 Å². The van der Waals surface area contributed by atoms with Gasteiger partial charge in [-0.05, 0) is 24.6 Å². The summed E-state index contributed by atoms with van der Waals surface area (Å²) in [5.74, 6) is -0.218. The predicted octanol–water partition coefficient (Wildman–Crippen LogP) is 1.45. The number of benzene rings is 1. The van der Waals surface area contributed by atoms with Gasteiger partial charge in [0.15, 0.2) is 0 Å². The maximum absolute atomic E-state index is 11.7. The second-order valence-corrected chi connectivity index (χ2v) is 3.65. The average molecular weight is 211 g/mol. The Morgan fingerprint density at radius 2 is 2.29 bits per heavy atom. The van der Waals surface area contributed by atoms with Gasteiger partial charge in [0.2, 0.25) is 0 Å². The molecule has 1 atom stereocenters. The van der Waals surface area contributed by atoms with E-state index in [-0.39, 0.29) is 5.91 Å². The van der Waals surface area contributed by atoms with Crippen LogP contribution in [0.2, 0.25) is 5.02 Å². The van der Waals surface area contributed by atoms with Gasteiger partial charge >= 0.3 is 0 Å². The number of aliphatic hydroxyl groups is 1. The molecule has 1 radical (unpaired) electrons. The number of hydrogen-bond acceptors (Lipinski definition) is 2. The molecule has 1 aromatic rings. The van der Waals surface area contributed by atoms with Crippen LogP contribution in [0.25, 0.3) is 0 Å². The summed E-state index contributed by atoms with van der Waals surface area (Å²) in [5.41, 5.74) is 1.43. The zero-order chi connectivity index (χ0) is 10.3. The first-order valence-electron chi connectivity index (χ1n) is 4.20. The fourth-order valence-corrected chi connectivity index (χ4v) is 1.71. The van der Waals surface area contributed by atoms with Crippen molar-refractivity contribution in [2.45, 2.75) is 12.8 Å². The third-order valence-electron chi connectivity index (χ3n) is 2.26. The van der Waals surface area contributed by atoms with Crippen LogP contribution in [-0.2, 0) is 6.54 Å². The topological polar surface area (TPSA) is 40.5 Å². The fraction of sp³-hybridized carbons (Fsp3) is 0.200.